The third-order valence-corrected chi connectivity index (χ3v) is 5.67. The maximum absolute atomic E-state index is 12.1. The van der Waals surface area contributed by atoms with Crippen LogP contribution in [0.5, 0.6) is 0 Å². The first-order valence-electron chi connectivity index (χ1n) is 9.98. The van der Waals surface area contributed by atoms with Crippen LogP contribution < -0.4 is 16.4 Å². The van der Waals surface area contributed by atoms with Crippen LogP contribution in [-0.2, 0) is 11.2 Å². The molecule has 3 aliphatic rings. The van der Waals surface area contributed by atoms with Crippen LogP contribution in [0, 0.1) is 5.92 Å². The minimum absolute atomic E-state index is 0.0389. The summed E-state index contributed by atoms with van der Waals surface area (Å²) in [5.41, 5.74) is 10.7. The Morgan fingerprint density at radius 2 is 2.18 bits per heavy atom. The van der Waals surface area contributed by atoms with Crippen LogP contribution >= 0.6 is 0 Å². The molecule has 2 amide bonds. The number of aliphatic imine (C=N–C) groups is 1. The molecule has 1 aliphatic carbocycles. The Bertz CT molecular complexity index is 870. The van der Waals surface area contributed by atoms with E-state index >= 15 is 0 Å². The van der Waals surface area contributed by atoms with Crippen LogP contribution in [-0.4, -0.2) is 48.7 Å². The van der Waals surface area contributed by atoms with Gasteiger partial charge in [0.05, 0.1) is 12.2 Å². The smallest absolute Gasteiger partial charge is 0.251 e. The average molecular weight is 381 g/mol. The standard InChI is InChI=1S/C21H27N5O2/c1-13(27)26-9-7-19(24-11-14-2-3-14)18(12-26)20(22)25-16-5-4-15-6-8-23-21(28)17(15)10-16/h4-5,10,14,24H,2-3,6-9,11-12H2,1H3,(H2,22,25)(H,23,28). The second-order valence-corrected chi connectivity index (χ2v) is 7.82. The first-order chi connectivity index (χ1) is 13.5. The summed E-state index contributed by atoms with van der Waals surface area (Å²) in [6.45, 7) is 4.35. The van der Waals surface area contributed by atoms with E-state index in [-0.39, 0.29) is 11.8 Å². The molecule has 28 heavy (non-hydrogen) atoms. The Labute approximate surface area is 165 Å². The molecule has 1 fully saturated rings. The molecular weight excluding hydrogens is 354 g/mol. The molecule has 2 heterocycles. The van der Waals surface area contributed by atoms with Gasteiger partial charge in [0.1, 0.15) is 5.84 Å². The lowest BCUT2D eigenvalue weighted by Crippen LogP contribution is -2.41. The van der Waals surface area contributed by atoms with Crippen molar-refractivity contribution < 1.29 is 9.59 Å². The van der Waals surface area contributed by atoms with E-state index in [2.05, 4.69) is 15.6 Å². The van der Waals surface area contributed by atoms with E-state index in [1.165, 1.54) is 12.8 Å². The van der Waals surface area contributed by atoms with Crippen LogP contribution in [0.1, 0.15) is 42.1 Å². The van der Waals surface area contributed by atoms with Crippen molar-refractivity contribution in [2.75, 3.05) is 26.2 Å². The summed E-state index contributed by atoms with van der Waals surface area (Å²) in [5.74, 6) is 1.12. The van der Waals surface area contributed by atoms with E-state index in [4.69, 9.17) is 5.73 Å². The molecule has 0 bridgehead atoms. The number of nitrogens with zero attached hydrogens (tertiary/aromatic N) is 2. The molecule has 4 N–H and O–H groups in total. The summed E-state index contributed by atoms with van der Waals surface area (Å²) in [6, 6.07) is 5.64. The van der Waals surface area contributed by atoms with Crippen molar-refractivity contribution in [2.24, 2.45) is 16.6 Å². The SMILES string of the molecule is CC(=O)N1CCC(NCC2CC2)=C(C(N)=Nc2ccc3c(c2)C(=O)NCC3)C1. The number of nitrogens with one attached hydrogen (secondary N) is 2. The lowest BCUT2D eigenvalue weighted by Gasteiger charge is -2.30. The molecule has 0 saturated heterocycles. The molecular formula is C21H27N5O2. The topological polar surface area (TPSA) is 99.8 Å². The maximum atomic E-state index is 12.1. The molecule has 0 atom stereocenters. The number of carbonyl (C=O) groups is 2. The summed E-state index contributed by atoms with van der Waals surface area (Å²) in [7, 11) is 0. The second kappa shape index (κ2) is 7.66. The van der Waals surface area contributed by atoms with Gasteiger partial charge in [-0.15, -0.1) is 0 Å². The van der Waals surface area contributed by atoms with Gasteiger partial charge in [0.25, 0.3) is 5.91 Å². The molecule has 0 radical (unpaired) electrons. The van der Waals surface area contributed by atoms with E-state index in [9.17, 15) is 9.59 Å². The van der Waals surface area contributed by atoms with Crippen LogP contribution in [0.25, 0.3) is 0 Å². The number of amidine groups is 1. The second-order valence-electron chi connectivity index (χ2n) is 7.82. The predicted molar refractivity (Wildman–Crippen MR) is 108 cm³/mol. The normalized spacial score (nSPS) is 20.0. The first kappa shape index (κ1) is 18.5. The lowest BCUT2D eigenvalue weighted by atomic mass is 10.00. The zero-order valence-electron chi connectivity index (χ0n) is 16.3. The summed E-state index contributed by atoms with van der Waals surface area (Å²) < 4.78 is 0. The van der Waals surface area contributed by atoms with Crippen molar-refractivity contribution in [3.8, 4) is 0 Å². The molecule has 7 nitrogen and oxygen atoms in total. The fourth-order valence-electron chi connectivity index (χ4n) is 3.73. The number of carbonyl (C=O) groups excluding carboxylic acids is 2. The summed E-state index contributed by atoms with van der Waals surface area (Å²) in [5, 5.41) is 6.39. The fraction of sp³-hybridized carbons (Fsp3) is 0.476. The molecule has 1 aromatic rings. The molecule has 7 heteroatoms. The minimum atomic E-state index is -0.0664. The van der Waals surface area contributed by atoms with Gasteiger partial charge in [-0.2, -0.15) is 0 Å². The van der Waals surface area contributed by atoms with E-state index in [1.54, 1.807) is 17.9 Å². The fourth-order valence-corrected chi connectivity index (χ4v) is 3.73. The molecule has 0 aromatic heterocycles. The van der Waals surface area contributed by atoms with Crippen LogP contribution in [0.3, 0.4) is 0 Å². The Kier molecular flexibility index (Phi) is 5.07. The van der Waals surface area contributed by atoms with Crippen molar-refractivity contribution in [3.63, 3.8) is 0 Å². The number of rotatable bonds is 5. The van der Waals surface area contributed by atoms with E-state index in [0.717, 1.165) is 42.1 Å². The van der Waals surface area contributed by atoms with Crippen molar-refractivity contribution in [1.29, 1.82) is 0 Å². The van der Waals surface area contributed by atoms with Crippen molar-refractivity contribution in [2.45, 2.75) is 32.6 Å². The summed E-state index contributed by atoms with van der Waals surface area (Å²) in [4.78, 5) is 30.3. The average Bonchev–Trinajstić information content (AvgIpc) is 3.51. The monoisotopic (exact) mass is 381 g/mol. The number of nitrogens with two attached hydrogens (primary N) is 1. The van der Waals surface area contributed by atoms with Crippen molar-refractivity contribution >= 4 is 23.3 Å². The highest BCUT2D eigenvalue weighted by atomic mass is 16.2. The van der Waals surface area contributed by atoms with Gasteiger partial charge < -0.3 is 21.3 Å². The first-order valence-corrected chi connectivity index (χ1v) is 9.98. The van der Waals surface area contributed by atoms with Gasteiger partial charge >= 0.3 is 0 Å². The number of benzene rings is 1. The van der Waals surface area contributed by atoms with Crippen LogP contribution in [0.2, 0.25) is 0 Å². The Morgan fingerprint density at radius 3 is 2.93 bits per heavy atom. The van der Waals surface area contributed by atoms with Crippen molar-refractivity contribution in [3.05, 3.63) is 40.6 Å². The molecule has 148 valence electrons. The quantitative estimate of drug-likeness (QED) is 0.531. The highest BCUT2D eigenvalue weighted by Gasteiger charge is 2.26. The highest BCUT2D eigenvalue weighted by Crippen LogP contribution is 2.29. The maximum Gasteiger partial charge on any atom is 0.251 e. The van der Waals surface area contributed by atoms with Gasteiger partial charge in [0.2, 0.25) is 5.91 Å². The zero-order chi connectivity index (χ0) is 19.7. The molecule has 1 aromatic carbocycles. The van der Waals surface area contributed by atoms with E-state index < -0.39 is 0 Å². The van der Waals surface area contributed by atoms with Crippen molar-refractivity contribution in [1.82, 2.24) is 15.5 Å². The third kappa shape index (κ3) is 4.03. The molecule has 4 rings (SSSR count). The molecule has 2 aliphatic heterocycles. The number of fused-ring (bicyclic) bond motifs is 1. The minimum Gasteiger partial charge on any atom is -0.388 e. The lowest BCUT2D eigenvalue weighted by molar-refractivity contribution is -0.128. The van der Waals surface area contributed by atoms with Gasteiger partial charge in [-0.3, -0.25) is 9.59 Å². The van der Waals surface area contributed by atoms with E-state index in [0.29, 0.717) is 36.7 Å². The third-order valence-electron chi connectivity index (χ3n) is 5.67. The Hall–Kier alpha value is -2.83. The highest BCUT2D eigenvalue weighted by molar-refractivity contribution is 6.01. The number of amides is 2. The van der Waals surface area contributed by atoms with Gasteiger partial charge in [-0.1, -0.05) is 6.07 Å². The largest absolute Gasteiger partial charge is 0.388 e. The predicted octanol–water partition coefficient (Wildman–Crippen LogP) is 1.47. The Balaban J connectivity index is 1.61. The van der Waals surface area contributed by atoms with Crippen LogP contribution in [0.15, 0.2) is 34.5 Å². The Morgan fingerprint density at radius 1 is 1.36 bits per heavy atom. The van der Waals surface area contributed by atoms with Gasteiger partial charge in [-0.25, -0.2) is 4.99 Å². The van der Waals surface area contributed by atoms with Gasteiger partial charge in [-0.05, 0) is 42.9 Å². The van der Waals surface area contributed by atoms with Crippen LogP contribution in [0.4, 0.5) is 5.69 Å². The summed E-state index contributed by atoms with van der Waals surface area (Å²) >= 11 is 0. The summed E-state index contributed by atoms with van der Waals surface area (Å²) in [6.07, 6.45) is 4.13. The van der Waals surface area contributed by atoms with Gasteiger partial charge in [0.15, 0.2) is 0 Å². The van der Waals surface area contributed by atoms with Gasteiger partial charge in [0, 0.05) is 49.8 Å². The van der Waals surface area contributed by atoms with E-state index in [1.807, 2.05) is 12.1 Å². The number of hydrogen-bond acceptors (Lipinski definition) is 4. The zero-order valence-corrected chi connectivity index (χ0v) is 16.3. The molecule has 0 unspecified atom stereocenters. The molecule has 0 spiro atoms. The number of hydrogen-bond donors (Lipinski definition) is 3. The molecule has 1 saturated carbocycles.